The van der Waals surface area contributed by atoms with E-state index in [1.807, 2.05) is 72.8 Å². The number of aryl methyl sites for hydroxylation is 1. The van der Waals surface area contributed by atoms with Gasteiger partial charge in [-0.25, -0.2) is 0 Å². The minimum absolute atomic E-state index is 0.371. The molecule has 2 unspecified atom stereocenters. The van der Waals surface area contributed by atoms with Gasteiger partial charge in [0, 0.05) is 33.4 Å². The molecule has 0 radical (unpaired) electrons. The van der Waals surface area contributed by atoms with Gasteiger partial charge in [-0.15, -0.1) is 0 Å². The molecule has 0 amide bonds. The van der Waals surface area contributed by atoms with E-state index in [9.17, 15) is 9.67 Å². The Balaban J connectivity index is 1.57. The van der Waals surface area contributed by atoms with Crippen LogP contribution in [0, 0.1) is 5.92 Å². The van der Waals surface area contributed by atoms with Gasteiger partial charge in [0.25, 0.3) is 0 Å². The summed E-state index contributed by atoms with van der Waals surface area (Å²) >= 11 is 8.07. The molecular weight excluding hydrogens is 493 g/mol. The molecule has 3 rings (SSSR count). The molecule has 0 aliphatic heterocycles. The number of ether oxygens (including phenoxy) is 1. The number of nitrogens with two attached hydrogens (primary N) is 1. The number of benzene rings is 3. The van der Waals surface area contributed by atoms with Crippen LogP contribution in [0.2, 0.25) is 5.02 Å². The highest BCUT2D eigenvalue weighted by Crippen LogP contribution is 2.38. The molecular formula is C25H29ClNO5PS. The maximum Gasteiger partial charge on any atom is 0.325 e. The van der Waals surface area contributed by atoms with Crippen molar-refractivity contribution >= 4 is 31.0 Å². The molecule has 34 heavy (non-hydrogen) atoms. The van der Waals surface area contributed by atoms with E-state index in [1.165, 1.54) is 0 Å². The van der Waals surface area contributed by atoms with Gasteiger partial charge >= 0.3 is 7.60 Å². The molecule has 0 aliphatic carbocycles. The van der Waals surface area contributed by atoms with E-state index in [0.717, 1.165) is 26.7 Å². The van der Waals surface area contributed by atoms with Gasteiger partial charge in [0.05, 0.1) is 6.16 Å². The van der Waals surface area contributed by atoms with E-state index in [1.54, 1.807) is 11.8 Å². The second-order valence-corrected chi connectivity index (χ2v) is 11.3. The summed E-state index contributed by atoms with van der Waals surface area (Å²) in [5, 5.41) is 10.0. The fourth-order valence-corrected chi connectivity index (χ4v) is 5.73. The van der Waals surface area contributed by atoms with Gasteiger partial charge in [-0.3, -0.25) is 4.57 Å². The maximum absolute atomic E-state index is 11.2. The van der Waals surface area contributed by atoms with E-state index in [-0.39, 0.29) is 6.61 Å². The van der Waals surface area contributed by atoms with Gasteiger partial charge < -0.3 is 25.4 Å². The molecule has 182 valence electrons. The maximum atomic E-state index is 11.2. The Bertz CT molecular complexity index is 1110. The zero-order valence-electron chi connectivity index (χ0n) is 18.6. The summed E-state index contributed by atoms with van der Waals surface area (Å²) in [6.07, 6.45) is 0.575. The predicted molar refractivity (Wildman–Crippen MR) is 137 cm³/mol. The lowest BCUT2D eigenvalue weighted by Crippen LogP contribution is -2.35. The number of aliphatic hydroxyl groups excluding tert-OH is 1. The third-order valence-electron chi connectivity index (χ3n) is 5.37. The van der Waals surface area contributed by atoms with E-state index in [4.69, 9.17) is 31.9 Å². The van der Waals surface area contributed by atoms with E-state index in [0.29, 0.717) is 24.5 Å². The van der Waals surface area contributed by atoms with Crippen molar-refractivity contribution in [3.05, 3.63) is 88.9 Å². The highest BCUT2D eigenvalue weighted by molar-refractivity contribution is 7.99. The number of rotatable bonds is 12. The lowest BCUT2D eigenvalue weighted by atomic mass is 9.96. The first kappa shape index (κ1) is 26.8. The third kappa shape index (κ3) is 8.75. The van der Waals surface area contributed by atoms with Gasteiger partial charge in [0.2, 0.25) is 0 Å². The molecule has 3 aromatic rings. The topological polar surface area (TPSA) is 113 Å². The normalized spacial score (nSPS) is 13.4. The Morgan fingerprint density at radius 3 is 2.41 bits per heavy atom. The van der Waals surface area contributed by atoms with Gasteiger partial charge in [-0.05, 0) is 54.3 Å². The van der Waals surface area contributed by atoms with Gasteiger partial charge in [-0.1, -0.05) is 65.8 Å². The van der Waals surface area contributed by atoms with Crippen molar-refractivity contribution in [1.82, 2.24) is 0 Å². The fourth-order valence-electron chi connectivity index (χ4n) is 3.49. The second-order valence-electron chi connectivity index (χ2n) is 8.10. The van der Waals surface area contributed by atoms with Crippen LogP contribution in [0.4, 0.5) is 0 Å². The van der Waals surface area contributed by atoms with Crippen LogP contribution in [0.1, 0.15) is 17.5 Å². The molecule has 3 aromatic carbocycles. The smallest absolute Gasteiger partial charge is 0.325 e. The first-order chi connectivity index (χ1) is 16.2. The summed E-state index contributed by atoms with van der Waals surface area (Å²) in [6, 6.07) is 23.1. The molecule has 0 heterocycles. The Labute approximate surface area is 209 Å². The number of halogens is 1. The molecule has 0 bridgehead atoms. The second kappa shape index (κ2) is 12.8. The summed E-state index contributed by atoms with van der Waals surface area (Å²) in [5.41, 5.74) is 8.08. The molecule has 0 aliphatic rings. The molecule has 0 fully saturated rings. The highest BCUT2D eigenvalue weighted by atomic mass is 35.5. The standard InChI is InChI=1S/C25H29ClNO5PS/c26-24-14-23(11-9-19(24)10-12-25(27)20(15-28)17-33(29,30)31)34-22-8-4-7-21(13-22)32-16-18-5-2-1-3-6-18/h1-9,11,13-14,20,25,28H,10,12,15-17,27H2,(H2,29,30,31). The van der Waals surface area contributed by atoms with Crippen LogP contribution in [0.3, 0.4) is 0 Å². The number of aliphatic hydroxyl groups is 1. The average molecular weight is 522 g/mol. The highest BCUT2D eigenvalue weighted by Gasteiger charge is 2.26. The fraction of sp³-hybridized carbons (Fsp3) is 0.280. The zero-order valence-corrected chi connectivity index (χ0v) is 21.1. The Morgan fingerprint density at radius 1 is 1.00 bits per heavy atom. The minimum Gasteiger partial charge on any atom is -0.489 e. The molecule has 0 spiro atoms. The van der Waals surface area contributed by atoms with Crippen LogP contribution < -0.4 is 10.5 Å². The van der Waals surface area contributed by atoms with Crippen molar-refractivity contribution in [1.29, 1.82) is 0 Å². The first-order valence-corrected chi connectivity index (χ1v) is 13.9. The van der Waals surface area contributed by atoms with E-state index < -0.39 is 25.7 Å². The molecule has 0 saturated carbocycles. The van der Waals surface area contributed by atoms with Crippen molar-refractivity contribution in [3.63, 3.8) is 0 Å². The van der Waals surface area contributed by atoms with Crippen LogP contribution in [0.5, 0.6) is 5.75 Å². The largest absolute Gasteiger partial charge is 0.489 e. The SMILES string of the molecule is NC(CCc1ccc(Sc2cccc(OCc3ccccc3)c2)cc1Cl)C(CO)CP(=O)(O)O. The van der Waals surface area contributed by atoms with Crippen LogP contribution >= 0.6 is 31.0 Å². The molecule has 6 nitrogen and oxygen atoms in total. The lowest BCUT2D eigenvalue weighted by Gasteiger charge is -2.22. The zero-order chi connectivity index (χ0) is 24.6. The summed E-state index contributed by atoms with van der Waals surface area (Å²) < 4.78 is 17.1. The molecule has 0 aromatic heterocycles. The average Bonchev–Trinajstić information content (AvgIpc) is 2.81. The predicted octanol–water partition coefficient (Wildman–Crippen LogP) is 5.12. The van der Waals surface area contributed by atoms with Gasteiger partial charge in [0.15, 0.2) is 0 Å². The number of hydrogen-bond donors (Lipinski definition) is 4. The summed E-state index contributed by atoms with van der Waals surface area (Å²) in [6.45, 7) is 0.132. The van der Waals surface area contributed by atoms with E-state index in [2.05, 4.69) is 0 Å². The van der Waals surface area contributed by atoms with Crippen molar-refractivity contribution < 1.29 is 24.2 Å². The minimum atomic E-state index is -4.24. The Morgan fingerprint density at radius 2 is 1.74 bits per heavy atom. The Hall–Kier alpha value is -1.83. The van der Waals surface area contributed by atoms with Crippen LogP contribution in [-0.2, 0) is 17.6 Å². The monoisotopic (exact) mass is 521 g/mol. The van der Waals surface area contributed by atoms with Crippen molar-refractivity contribution in [2.75, 3.05) is 12.8 Å². The van der Waals surface area contributed by atoms with Crippen LogP contribution in [0.25, 0.3) is 0 Å². The summed E-state index contributed by atoms with van der Waals surface area (Å²) in [4.78, 5) is 20.3. The Kier molecular flexibility index (Phi) is 10.0. The quantitative estimate of drug-likeness (QED) is 0.245. The summed E-state index contributed by atoms with van der Waals surface area (Å²) in [7, 11) is -4.24. The summed E-state index contributed by atoms with van der Waals surface area (Å²) in [5.74, 6) is 0.130. The first-order valence-electron chi connectivity index (χ1n) is 10.9. The molecule has 5 N–H and O–H groups in total. The van der Waals surface area contributed by atoms with Gasteiger partial charge in [0.1, 0.15) is 12.4 Å². The lowest BCUT2D eigenvalue weighted by molar-refractivity contribution is 0.207. The van der Waals surface area contributed by atoms with Crippen LogP contribution in [0.15, 0.2) is 82.6 Å². The molecule has 9 heteroatoms. The van der Waals surface area contributed by atoms with Gasteiger partial charge in [-0.2, -0.15) is 0 Å². The molecule has 0 saturated heterocycles. The van der Waals surface area contributed by atoms with Crippen molar-refractivity contribution in [2.45, 2.75) is 35.3 Å². The van der Waals surface area contributed by atoms with E-state index >= 15 is 0 Å². The van der Waals surface area contributed by atoms with Crippen molar-refractivity contribution in [2.24, 2.45) is 11.7 Å². The molecule has 2 atom stereocenters. The van der Waals surface area contributed by atoms with Crippen LogP contribution in [-0.4, -0.2) is 33.7 Å². The number of hydrogen-bond acceptors (Lipinski definition) is 5. The third-order valence-corrected chi connectivity index (χ3v) is 7.65. The van der Waals surface area contributed by atoms with Crippen molar-refractivity contribution in [3.8, 4) is 5.75 Å².